The third-order valence-corrected chi connectivity index (χ3v) is 4.50. The van der Waals surface area contributed by atoms with E-state index >= 15 is 0 Å². The van der Waals surface area contributed by atoms with E-state index < -0.39 is 0 Å². The zero-order valence-electron chi connectivity index (χ0n) is 11.4. The van der Waals surface area contributed by atoms with Crippen molar-refractivity contribution in [3.63, 3.8) is 0 Å². The Hall–Kier alpha value is -0.610. The van der Waals surface area contributed by atoms with E-state index in [4.69, 9.17) is 0 Å². The molecule has 1 aliphatic carbocycles. The summed E-state index contributed by atoms with van der Waals surface area (Å²) in [4.78, 5) is 14.1. The van der Waals surface area contributed by atoms with E-state index in [1.807, 2.05) is 0 Å². The average molecular weight is 254 g/mol. The third kappa shape index (κ3) is 3.45. The second-order valence-electron chi connectivity index (χ2n) is 5.89. The van der Waals surface area contributed by atoms with Crippen LogP contribution in [-0.2, 0) is 4.79 Å². The summed E-state index contributed by atoms with van der Waals surface area (Å²) >= 11 is 0. The fourth-order valence-corrected chi connectivity index (χ4v) is 3.28. The first-order valence-corrected chi connectivity index (χ1v) is 7.35. The van der Waals surface area contributed by atoms with Crippen LogP contribution in [-0.4, -0.2) is 47.7 Å². The number of likely N-dealkylation sites (tertiary alicyclic amines) is 1. The van der Waals surface area contributed by atoms with Crippen LogP contribution in [0.3, 0.4) is 0 Å². The molecule has 2 atom stereocenters. The summed E-state index contributed by atoms with van der Waals surface area (Å²) < 4.78 is 0. The van der Waals surface area contributed by atoms with E-state index in [1.54, 1.807) is 0 Å². The second-order valence-corrected chi connectivity index (χ2v) is 5.89. The van der Waals surface area contributed by atoms with Gasteiger partial charge in [-0.3, -0.25) is 9.69 Å². The van der Waals surface area contributed by atoms with Crippen molar-refractivity contribution in [3.8, 4) is 0 Å². The molecule has 2 N–H and O–H groups in total. The average Bonchev–Trinajstić information content (AvgIpc) is 2.71. The van der Waals surface area contributed by atoms with Gasteiger partial charge in [-0.25, -0.2) is 0 Å². The van der Waals surface area contributed by atoms with Crippen LogP contribution in [0, 0.1) is 5.92 Å². The molecule has 2 aliphatic rings. The number of rotatable bonds is 4. The maximum absolute atomic E-state index is 12.0. The molecule has 0 aromatic carbocycles. The van der Waals surface area contributed by atoms with Gasteiger partial charge in [-0.15, -0.1) is 0 Å². The Balaban J connectivity index is 1.76. The molecule has 1 aliphatic heterocycles. The van der Waals surface area contributed by atoms with Gasteiger partial charge < -0.3 is 10.4 Å². The van der Waals surface area contributed by atoms with E-state index in [0.717, 1.165) is 25.8 Å². The Labute approximate surface area is 110 Å². The largest absolute Gasteiger partial charge is 0.395 e. The molecule has 4 heteroatoms. The molecule has 0 aromatic heterocycles. The molecule has 0 bridgehead atoms. The molecule has 2 rings (SSSR count). The van der Waals surface area contributed by atoms with E-state index in [0.29, 0.717) is 18.5 Å². The molecule has 4 nitrogen and oxygen atoms in total. The quantitative estimate of drug-likeness (QED) is 0.791. The van der Waals surface area contributed by atoms with Gasteiger partial charge in [0.2, 0.25) is 5.91 Å². The lowest BCUT2D eigenvalue weighted by Gasteiger charge is -2.27. The van der Waals surface area contributed by atoms with E-state index in [2.05, 4.69) is 17.1 Å². The molecule has 1 saturated heterocycles. The molecular formula is C14H26N2O2. The van der Waals surface area contributed by atoms with Gasteiger partial charge in [0.25, 0.3) is 0 Å². The number of amides is 1. The van der Waals surface area contributed by atoms with Gasteiger partial charge in [0.05, 0.1) is 13.2 Å². The second kappa shape index (κ2) is 6.53. The Bertz CT molecular complexity index is 277. The summed E-state index contributed by atoms with van der Waals surface area (Å²) in [7, 11) is 0. The molecule has 2 fully saturated rings. The third-order valence-electron chi connectivity index (χ3n) is 4.50. The van der Waals surface area contributed by atoms with Gasteiger partial charge in [-0.1, -0.05) is 26.2 Å². The molecule has 2 unspecified atom stereocenters. The molecule has 1 heterocycles. The van der Waals surface area contributed by atoms with Crippen molar-refractivity contribution in [3.05, 3.63) is 0 Å². The molecular weight excluding hydrogens is 228 g/mol. The summed E-state index contributed by atoms with van der Waals surface area (Å²) in [6.45, 7) is 3.70. The number of nitrogens with zero attached hydrogens (tertiary/aromatic N) is 1. The SMILES string of the molecule is CC1CCN(CC(=O)NC2CCCCC2)C1CO. The lowest BCUT2D eigenvalue weighted by molar-refractivity contribution is -0.123. The molecule has 0 spiro atoms. The molecule has 104 valence electrons. The highest BCUT2D eigenvalue weighted by Gasteiger charge is 2.31. The molecule has 1 saturated carbocycles. The first-order chi connectivity index (χ1) is 8.70. The zero-order valence-corrected chi connectivity index (χ0v) is 11.4. The van der Waals surface area contributed by atoms with Crippen LogP contribution in [0.4, 0.5) is 0 Å². The first-order valence-electron chi connectivity index (χ1n) is 7.35. The summed E-state index contributed by atoms with van der Waals surface area (Å²) in [5.41, 5.74) is 0. The van der Waals surface area contributed by atoms with Crippen LogP contribution in [0.15, 0.2) is 0 Å². The van der Waals surface area contributed by atoms with Crippen LogP contribution < -0.4 is 5.32 Å². The van der Waals surface area contributed by atoms with Crippen LogP contribution in [0.25, 0.3) is 0 Å². The number of carbonyl (C=O) groups excluding carboxylic acids is 1. The van der Waals surface area contributed by atoms with Crippen molar-refractivity contribution in [1.82, 2.24) is 10.2 Å². The van der Waals surface area contributed by atoms with Crippen molar-refractivity contribution in [2.24, 2.45) is 5.92 Å². The van der Waals surface area contributed by atoms with Crippen molar-refractivity contribution >= 4 is 5.91 Å². The minimum Gasteiger partial charge on any atom is -0.395 e. The zero-order chi connectivity index (χ0) is 13.0. The lowest BCUT2D eigenvalue weighted by Crippen LogP contribution is -2.45. The highest BCUT2D eigenvalue weighted by atomic mass is 16.3. The lowest BCUT2D eigenvalue weighted by atomic mass is 9.95. The standard InChI is InChI=1S/C14H26N2O2/c1-11-7-8-16(13(11)10-17)9-14(18)15-12-5-3-2-4-6-12/h11-13,17H,2-10H2,1H3,(H,15,18). The van der Waals surface area contributed by atoms with Gasteiger partial charge in [0, 0.05) is 12.1 Å². The molecule has 0 radical (unpaired) electrons. The smallest absolute Gasteiger partial charge is 0.234 e. The normalized spacial score (nSPS) is 30.6. The van der Waals surface area contributed by atoms with Crippen LogP contribution in [0.2, 0.25) is 0 Å². The van der Waals surface area contributed by atoms with Crippen molar-refractivity contribution in [2.45, 2.75) is 57.5 Å². The van der Waals surface area contributed by atoms with Crippen LogP contribution in [0.1, 0.15) is 45.4 Å². The van der Waals surface area contributed by atoms with Crippen molar-refractivity contribution in [1.29, 1.82) is 0 Å². The fraction of sp³-hybridized carbons (Fsp3) is 0.929. The van der Waals surface area contributed by atoms with E-state index in [-0.39, 0.29) is 18.6 Å². The van der Waals surface area contributed by atoms with Crippen LogP contribution >= 0.6 is 0 Å². The van der Waals surface area contributed by atoms with E-state index in [9.17, 15) is 9.90 Å². The molecule has 0 aromatic rings. The number of aliphatic hydroxyl groups is 1. The van der Waals surface area contributed by atoms with Gasteiger partial charge in [0.1, 0.15) is 0 Å². The fourth-order valence-electron chi connectivity index (χ4n) is 3.28. The number of hydrogen-bond acceptors (Lipinski definition) is 3. The maximum Gasteiger partial charge on any atom is 0.234 e. The van der Waals surface area contributed by atoms with Gasteiger partial charge >= 0.3 is 0 Å². The maximum atomic E-state index is 12.0. The number of nitrogens with one attached hydrogen (secondary N) is 1. The number of carbonyl (C=O) groups is 1. The summed E-state index contributed by atoms with van der Waals surface area (Å²) in [5, 5.41) is 12.5. The summed E-state index contributed by atoms with van der Waals surface area (Å²) in [5.74, 6) is 0.631. The predicted octanol–water partition coefficient (Wildman–Crippen LogP) is 1.14. The highest BCUT2D eigenvalue weighted by Crippen LogP contribution is 2.23. The van der Waals surface area contributed by atoms with Crippen LogP contribution in [0.5, 0.6) is 0 Å². The number of hydrogen-bond donors (Lipinski definition) is 2. The number of aliphatic hydroxyl groups excluding tert-OH is 1. The summed E-state index contributed by atoms with van der Waals surface area (Å²) in [6.07, 6.45) is 7.14. The Morgan fingerprint density at radius 2 is 2.00 bits per heavy atom. The Morgan fingerprint density at radius 3 is 2.67 bits per heavy atom. The van der Waals surface area contributed by atoms with E-state index in [1.165, 1.54) is 19.3 Å². The first kappa shape index (κ1) is 13.8. The Kier molecular flexibility index (Phi) is 5.01. The minimum absolute atomic E-state index is 0.134. The topological polar surface area (TPSA) is 52.6 Å². The van der Waals surface area contributed by atoms with Crippen molar-refractivity contribution < 1.29 is 9.90 Å². The van der Waals surface area contributed by atoms with Gasteiger partial charge in [-0.2, -0.15) is 0 Å². The summed E-state index contributed by atoms with van der Waals surface area (Å²) in [6, 6.07) is 0.556. The predicted molar refractivity (Wildman–Crippen MR) is 71.2 cm³/mol. The van der Waals surface area contributed by atoms with Crippen molar-refractivity contribution in [2.75, 3.05) is 19.7 Å². The monoisotopic (exact) mass is 254 g/mol. The van der Waals surface area contributed by atoms with Gasteiger partial charge in [0.15, 0.2) is 0 Å². The molecule has 1 amide bonds. The highest BCUT2D eigenvalue weighted by molar-refractivity contribution is 5.78. The molecule has 18 heavy (non-hydrogen) atoms. The minimum atomic E-state index is 0.134. The van der Waals surface area contributed by atoms with Gasteiger partial charge in [-0.05, 0) is 31.7 Å². The Morgan fingerprint density at radius 1 is 1.28 bits per heavy atom.